The van der Waals surface area contributed by atoms with E-state index >= 15 is 0 Å². The van der Waals surface area contributed by atoms with Crippen molar-refractivity contribution in [1.29, 1.82) is 0 Å². The van der Waals surface area contributed by atoms with Gasteiger partial charge in [-0.25, -0.2) is 13.1 Å². The summed E-state index contributed by atoms with van der Waals surface area (Å²) in [5, 5.41) is 2.77. The van der Waals surface area contributed by atoms with Gasteiger partial charge in [0.2, 0.25) is 15.9 Å². The largest absolute Gasteiger partial charge is 0.354 e. The fourth-order valence-corrected chi connectivity index (χ4v) is 2.33. The Kier molecular flexibility index (Phi) is 5.91. The van der Waals surface area contributed by atoms with Crippen LogP contribution in [-0.2, 0) is 14.8 Å². The second-order valence-electron chi connectivity index (χ2n) is 4.21. The fraction of sp³-hybridized carbons (Fsp3) is 0.500. The highest BCUT2D eigenvalue weighted by Gasteiger charge is 2.14. The molecule has 1 atom stereocenters. The minimum absolute atomic E-state index is 0.0689. The van der Waals surface area contributed by atoms with Gasteiger partial charge >= 0.3 is 0 Å². The molecule has 106 valence electrons. The Morgan fingerprint density at radius 1 is 1.47 bits per heavy atom. The summed E-state index contributed by atoms with van der Waals surface area (Å²) in [6.45, 7) is 3.94. The van der Waals surface area contributed by atoms with Crippen molar-refractivity contribution in [1.82, 2.24) is 15.0 Å². The van der Waals surface area contributed by atoms with Crippen molar-refractivity contribution in [3.63, 3.8) is 0 Å². The first kappa shape index (κ1) is 15.6. The number of amides is 1. The molecule has 0 spiro atoms. The van der Waals surface area contributed by atoms with Crippen molar-refractivity contribution in [3.05, 3.63) is 24.5 Å². The Hall–Kier alpha value is -1.47. The summed E-state index contributed by atoms with van der Waals surface area (Å²) in [7, 11) is -3.58. The van der Waals surface area contributed by atoms with E-state index < -0.39 is 10.0 Å². The zero-order valence-electron chi connectivity index (χ0n) is 11.1. The van der Waals surface area contributed by atoms with Crippen LogP contribution < -0.4 is 10.0 Å². The molecular weight excluding hydrogens is 266 g/mol. The second-order valence-corrected chi connectivity index (χ2v) is 5.98. The summed E-state index contributed by atoms with van der Waals surface area (Å²) in [6.07, 6.45) is 3.72. The van der Waals surface area contributed by atoms with E-state index in [4.69, 9.17) is 0 Å². The zero-order chi connectivity index (χ0) is 14.3. The lowest BCUT2D eigenvalue weighted by Gasteiger charge is -2.11. The molecule has 0 saturated heterocycles. The Balaban J connectivity index is 2.43. The average Bonchev–Trinajstić information content (AvgIpc) is 2.39. The third-order valence-corrected chi connectivity index (χ3v) is 4.05. The molecule has 7 heteroatoms. The number of carbonyl (C=O) groups is 1. The summed E-state index contributed by atoms with van der Waals surface area (Å²) in [5.41, 5.74) is 0. The number of pyridine rings is 1. The lowest BCUT2D eigenvalue weighted by Crippen LogP contribution is -2.35. The molecular formula is C12H19N3O3S. The maximum atomic E-state index is 11.8. The van der Waals surface area contributed by atoms with E-state index in [1.54, 1.807) is 6.07 Å². The molecule has 0 unspecified atom stereocenters. The van der Waals surface area contributed by atoms with Crippen molar-refractivity contribution in [2.45, 2.75) is 37.6 Å². The average molecular weight is 285 g/mol. The molecule has 0 saturated carbocycles. The van der Waals surface area contributed by atoms with E-state index in [1.165, 1.54) is 18.5 Å². The fourth-order valence-electron chi connectivity index (χ4n) is 1.34. The van der Waals surface area contributed by atoms with Gasteiger partial charge in [-0.2, -0.15) is 0 Å². The minimum atomic E-state index is -3.58. The number of sulfonamides is 1. The molecule has 1 amide bonds. The predicted octanol–water partition coefficient (Wildman–Crippen LogP) is 0.665. The van der Waals surface area contributed by atoms with Gasteiger partial charge in [0, 0.05) is 31.4 Å². The Morgan fingerprint density at radius 2 is 2.21 bits per heavy atom. The summed E-state index contributed by atoms with van der Waals surface area (Å²) >= 11 is 0. The number of nitrogens with zero attached hydrogens (tertiary/aromatic N) is 1. The molecule has 0 radical (unpaired) electrons. The number of hydrogen-bond donors (Lipinski definition) is 2. The van der Waals surface area contributed by atoms with Gasteiger partial charge in [0.05, 0.1) is 0 Å². The van der Waals surface area contributed by atoms with Gasteiger partial charge in [-0.1, -0.05) is 6.92 Å². The van der Waals surface area contributed by atoms with Gasteiger partial charge in [0.25, 0.3) is 0 Å². The van der Waals surface area contributed by atoms with E-state index in [1.807, 2.05) is 13.8 Å². The molecule has 0 fully saturated rings. The first-order valence-corrected chi connectivity index (χ1v) is 7.63. The SMILES string of the molecule is CC[C@@H](C)NC(=O)CCNS(=O)(=O)c1cccnc1. The summed E-state index contributed by atoms with van der Waals surface area (Å²) in [5.74, 6) is -0.164. The Morgan fingerprint density at radius 3 is 2.79 bits per heavy atom. The van der Waals surface area contributed by atoms with Crippen LogP contribution in [0.4, 0.5) is 0 Å². The number of hydrogen-bond acceptors (Lipinski definition) is 4. The number of carbonyl (C=O) groups excluding carboxylic acids is 1. The second kappa shape index (κ2) is 7.20. The molecule has 0 aromatic carbocycles. The molecule has 1 rings (SSSR count). The summed E-state index contributed by atoms with van der Waals surface area (Å²) in [4.78, 5) is 15.3. The number of aromatic nitrogens is 1. The smallest absolute Gasteiger partial charge is 0.242 e. The molecule has 0 aliphatic carbocycles. The maximum Gasteiger partial charge on any atom is 0.242 e. The zero-order valence-corrected chi connectivity index (χ0v) is 11.9. The van der Waals surface area contributed by atoms with Crippen LogP contribution in [0.5, 0.6) is 0 Å². The van der Waals surface area contributed by atoms with Crippen LogP contribution in [0.1, 0.15) is 26.7 Å². The Bertz CT molecular complexity index is 502. The highest BCUT2D eigenvalue weighted by atomic mass is 32.2. The van der Waals surface area contributed by atoms with Gasteiger partial charge < -0.3 is 5.32 Å². The molecule has 1 aromatic heterocycles. The van der Waals surface area contributed by atoms with Crippen LogP contribution in [0.25, 0.3) is 0 Å². The standard InChI is InChI=1S/C12H19N3O3S/c1-3-10(2)15-12(16)6-8-14-19(17,18)11-5-4-7-13-9-11/h4-5,7,9-10,14H,3,6,8H2,1-2H3,(H,15,16)/t10-/m1/s1. The van der Waals surface area contributed by atoms with E-state index in [0.29, 0.717) is 0 Å². The van der Waals surface area contributed by atoms with Crippen molar-refractivity contribution in [2.24, 2.45) is 0 Å². The molecule has 0 aliphatic rings. The molecule has 6 nitrogen and oxygen atoms in total. The lowest BCUT2D eigenvalue weighted by molar-refractivity contribution is -0.121. The molecule has 1 heterocycles. The topological polar surface area (TPSA) is 88.2 Å². The first-order chi connectivity index (χ1) is 8.95. The molecule has 0 aliphatic heterocycles. The van der Waals surface area contributed by atoms with E-state index in [0.717, 1.165) is 6.42 Å². The van der Waals surface area contributed by atoms with Gasteiger partial charge in [-0.05, 0) is 25.5 Å². The molecule has 19 heavy (non-hydrogen) atoms. The van der Waals surface area contributed by atoms with Crippen LogP contribution in [-0.4, -0.2) is 31.9 Å². The quantitative estimate of drug-likeness (QED) is 0.770. The van der Waals surface area contributed by atoms with Crippen molar-refractivity contribution in [2.75, 3.05) is 6.54 Å². The number of nitrogens with one attached hydrogen (secondary N) is 2. The predicted molar refractivity (Wildman–Crippen MR) is 71.9 cm³/mol. The third-order valence-electron chi connectivity index (χ3n) is 2.61. The monoisotopic (exact) mass is 285 g/mol. The van der Waals surface area contributed by atoms with Gasteiger partial charge in [-0.3, -0.25) is 9.78 Å². The molecule has 2 N–H and O–H groups in total. The van der Waals surface area contributed by atoms with Crippen LogP contribution in [0.3, 0.4) is 0 Å². The van der Waals surface area contributed by atoms with Crippen LogP contribution in [0, 0.1) is 0 Å². The highest BCUT2D eigenvalue weighted by Crippen LogP contribution is 2.04. The normalized spacial score (nSPS) is 12.9. The van der Waals surface area contributed by atoms with Crippen LogP contribution >= 0.6 is 0 Å². The van der Waals surface area contributed by atoms with E-state index in [2.05, 4.69) is 15.0 Å². The van der Waals surface area contributed by atoms with E-state index in [9.17, 15) is 13.2 Å². The van der Waals surface area contributed by atoms with Gasteiger partial charge in [0.15, 0.2) is 0 Å². The van der Waals surface area contributed by atoms with Gasteiger partial charge in [-0.15, -0.1) is 0 Å². The highest BCUT2D eigenvalue weighted by molar-refractivity contribution is 7.89. The maximum absolute atomic E-state index is 11.8. The van der Waals surface area contributed by atoms with Gasteiger partial charge in [0.1, 0.15) is 4.90 Å². The third kappa shape index (κ3) is 5.35. The lowest BCUT2D eigenvalue weighted by atomic mass is 10.2. The summed E-state index contributed by atoms with van der Waals surface area (Å²) in [6, 6.07) is 3.10. The summed E-state index contributed by atoms with van der Waals surface area (Å²) < 4.78 is 26.0. The van der Waals surface area contributed by atoms with Crippen LogP contribution in [0.2, 0.25) is 0 Å². The molecule has 1 aromatic rings. The van der Waals surface area contributed by atoms with Crippen molar-refractivity contribution >= 4 is 15.9 Å². The Labute approximate surface area is 113 Å². The molecule has 0 bridgehead atoms. The minimum Gasteiger partial charge on any atom is -0.354 e. The van der Waals surface area contributed by atoms with Crippen LogP contribution in [0.15, 0.2) is 29.4 Å². The number of rotatable bonds is 7. The van der Waals surface area contributed by atoms with Crippen molar-refractivity contribution < 1.29 is 13.2 Å². The van der Waals surface area contributed by atoms with E-state index in [-0.39, 0.29) is 29.8 Å². The van der Waals surface area contributed by atoms with Crippen molar-refractivity contribution in [3.8, 4) is 0 Å². The first-order valence-electron chi connectivity index (χ1n) is 6.14.